The van der Waals surface area contributed by atoms with E-state index in [0.29, 0.717) is 11.1 Å². The molecule has 0 saturated heterocycles. The second-order valence-corrected chi connectivity index (χ2v) is 10.6. The summed E-state index contributed by atoms with van der Waals surface area (Å²) in [5, 5.41) is 69.8. The summed E-state index contributed by atoms with van der Waals surface area (Å²) in [6.07, 6.45) is -3.06. The van der Waals surface area contributed by atoms with Crippen LogP contribution in [0.3, 0.4) is 0 Å². The molecule has 1 aliphatic rings. The van der Waals surface area contributed by atoms with Gasteiger partial charge in [0.05, 0.1) is 18.8 Å². The number of hydrogen-bond donors (Lipinski definition) is 7. The first-order chi connectivity index (χ1) is 21.2. The molecule has 7 N–H and O–H groups in total. The topological polar surface area (TPSA) is 230 Å². The van der Waals surface area contributed by atoms with Crippen LogP contribution in [0.4, 0.5) is 0 Å². The van der Waals surface area contributed by atoms with Crippen LogP contribution in [-0.4, -0.2) is 103 Å². The molecule has 0 spiro atoms. The van der Waals surface area contributed by atoms with Crippen LogP contribution in [0.5, 0.6) is 23.0 Å². The third-order valence-electron chi connectivity index (χ3n) is 6.65. The van der Waals surface area contributed by atoms with Crippen molar-refractivity contribution in [2.75, 3.05) is 13.2 Å². The first-order valence-electron chi connectivity index (χ1n) is 13.9. The van der Waals surface area contributed by atoms with Crippen LogP contribution in [-0.2, 0) is 33.3 Å². The molecule has 1 fully saturated rings. The molecule has 14 heteroatoms. The SMILES string of the molecule is CC(O)COC(C)COC(=O)C1(O)C[C@@H](OC(=O)/C=C/c2ccc(O)c(O)c2)C(O)[C@H](OC(=O)/C=C/c2ccc(O)c(O)c2)C1. The summed E-state index contributed by atoms with van der Waals surface area (Å²) in [5.74, 6) is -4.78. The normalized spacial score (nSPS) is 23.0. The van der Waals surface area contributed by atoms with Crippen LogP contribution in [0.2, 0.25) is 0 Å². The minimum absolute atomic E-state index is 0.0280. The summed E-state index contributed by atoms with van der Waals surface area (Å²) in [6, 6.07) is 7.56. The van der Waals surface area contributed by atoms with Gasteiger partial charge in [-0.1, -0.05) is 12.1 Å². The highest BCUT2D eigenvalue weighted by Gasteiger charge is 2.53. The molecule has 2 aromatic rings. The zero-order chi connectivity index (χ0) is 33.3. The Kier molecular flexibility index (Phi) is 11.9. The quantitative estimate of drug-likeness (QED) is 0.0757. The number of benzene rings is 2. The van der Waals surface area contributed by atoms with Crippen molar-refractivity contribution >= 4 is 30.1 Å². The highest BCUT2D eigenvalue weighted by Crippen LogP contribution is 2.34. The van der Waals surface area contributed by atoms with E-state index in [0.717, 1.165) is 12.2 Å². The van der Waals surface area contributed by atoms with Crippen molar-refractivity contribution in [3.63, 3.8) is 0 Å². The van der Waals surface area contributed by atoms with E-state index in [1.54, 1.807) is 6.92 Å². The number of aliphatic hydroxyl groups excluding tert-OH is 2. The summed E-state index contributed by atoms with van der Waals surface area (Å²) in [6.45, 7) is 2.74. The second kappa shape index (κ2) is 15.4. The van der Waals surface area contributed by atoms with Crippen LogP contribution in [0.15, 0.2) is 48.6 Å². The molecule has 0 amide bonds. The number of hydrogen-bond acceptors (Lipinski definition) is 14. The predicted octanol–water partition coefficient (Wildman–Crippen LogP) is 1.27. The van der Waals surface area contributed by atoms with Gasteiger partial charge in [-0.25, -0.2) is 14.4 Å². The van der Waals surface area contributed by atoms with E-state index in [9.17, 15) is 50.1 Å². The Bertz CT molecular complexity index is 1330. The van der Waals surface area contributed by atoms with Crippen molar-refractivity contribution in [3.8, 4) is 23.0 Å². The summed E-state index contributed by atoms with van der Waals surface area (Å²) in [7, 11) is 0. The molecule has 3 rings (SSSR count). The Morgan fingerprint density at radius 2 is 1.29 bits per heavy atom. The van der Waals surface area contributed by atoms with Crippen LogP contribution in [0.25, 0.3) is 12.2 Å². The lowest BCUT2D eigenvalue weighted by Crippen LogP contribution is -2.58. The molecule has 0 aromatic heterocycles. The maximum atomic E-state index is 13.0. The zero-order valence-corrected chi connectivity index (χ0v) is 24.5. The average molecular weight is 633 g/mol. The van der Waals surface area contributed by atoms with Gasteiger partial charge in [-0.3, -0.25) is 0 Å². The Morgan fingerprint density at radius 3 is 1.71 bits per heavy atom. The van der Waals surface area contributed by atoms with Crippen LogP contribution in [0.1, 0.15) is 37.8 Å². The zero-order valence-electron chi connectivity index (χ0n) is 24.5. The van der Waals surface area contributed by atoms with E-state index in [-0.39, 0.29) is 24.7 Å². The fourth-order valence-corrected chi connectivity index (χ4v) is 4.29. The number of aliphatic hydroxyl groups is 3. The van der Waals surface area contributed by atoms with Crippen LogP contribution >= 0.6 is 0 Å². The van der Waals surface area contributed by atoms with Gasteiger partial charge in [0, 0.05) is 25.0 Å². The summed E-state index contributed by atoms with van der Waals surface area (Å²) in [4.78, 5) is 38.3. The van der Waals surface area contributed by atoms with E-state index in [4.69, 9.17) is 18.9 Å². The highest BCUT2D eigenvalue weighted by molar-refractivity contribution is 5.88. The van der Waals surface area contributed by atoms with Gasteiger partial charge in [0.2, 0.25) is 0 Å². The summed E-state index contributed by atoms with van der Waals surface area (Å²) < 4.78 is 21.2. The Labute approximate surface area is 258 Å². The van der Waals surface area contributed by atoms with E-state index in [1.807, 2.05) is 0 Å². The number of ether oxygens (including phenoxy) is 4. The number of esters is 3. The molecule has 14 nitrogen and oxygen atoms in total. The number of carbonyl (C=O) groups excluding carboxylic acids is 3. The van der Waals surface area contributed by atoms with Gasteiger partial charge < -0.3 is 54.7 Å². The maximum Gasteiger partial charge on any atom is 0.338 e. The molecule has 244 valence electrons. The third-order valence-corrected chi connectivity index (χ3v) is 6.65. The van der Waals surface area contributed by atoms with Crippen molar-refractivity contribution in [2.24, 2.45) is 0 Å². The average Bonchev–Trinajstić information content (AvgIpc) is 2.98. The number of phenolic OH excluding ortho intramolecular Hbond substituents is 4. The van der Waals surface area contributed by atoms with Crippen molar-refractivity contribution < 1.29 is 69.1 Å². The molecule has 2 aromatic carbocycles. The Balaban J connectivity index is 1.76. The largest absolute Gasteiger partial charge is 0.504 e. The molecular weight excluding hydrogens is 596 g/mol. The number of rotatable bonds is 12. The van der Waals surface area contributed by atoms with Gasteiger partial charge in [0.1, 0.15) is 24.9 Å². The molecule has 0 aliphatic heterocycles. The smallest absolute Gasteiger partial charge is 0.338 e. The van der Waals surface area contributed by atoms with Crippen molar-refractivity contribution in [1.29, 1.82) is 0 Å². The van der Waals surface area contributed by atoms with E-state index < -0.39 is 78.4 Å². The summed E-state index contributed by atoms with van der Waals surface area (Å²) >= 11 is 0. The lowest BCUT2D eigenvalue weighted by Gasteiger charge is -2.41. The molecule has 1 saturated carbocycles. The molecule has 0 bridgehead atoms. The molecular formula is C31H36O14. The van der Waals surface area contributed by atoms with Crippen molar-refractivity contribution in [2.45, 2.75) is 62.8 Å². The van der Waals surface area contributed by atoms with Gasteiger partial charge in [-0.2, -0.15) is 0 Å². The fourth-order valence-electron chi connectivity index (χ4n) is 4.29. The Hall–Kier alpha value is -4.63. The lowest BCUT2D eigenvalue weighted by molar-refractivity contribution is -0.207. The van der Waals surface area contributed by atoms with Crippen LogP contribution < -0.4 is 0 Å². The number of phenols is 4. The summed E-state index contributed by atoms with van der Waals surface area (Å²) in [5.41, 5.74) is -1.74. The molecule has 0 heterocycles. The van der Waals surface area contributed by atoms with Gasteiger partial charge >= 0.3 is 17.9 Å². The van der Waals surface area contributed by atoms with E-state index >= 15 is 0 Å². The van der Waals surface area contributed by atoms with Gasteiger partial charge in [-0.05, 0) is 61.4 Å². The van der Waals surface area contributed by atoms with Gasteiger partial charge in [-0.15, -0.1) is 0 Å². The molecule has 0 radical (unpaired) electrons. The van der Waals surface area contributed by atoms with Crippen molar-refractivity contribution in [1.82, 2.24) is 0 Å². The van der Waals surface area contributed by atoms with Gasteiger partial charge in [0.15, 0.2) is 28.6 Å². The molecule has 45 heavy (non-hydrogen) atoms. The second-order valence-electron chi connectivity index (χ2n) is 10.6. The van der Waals surface area contributed by atoms with Gasteiger partial charge in [0.25, 0.3) is 0 Å². The maximum absolute atomic E-state index is 13.0. The Morgan fingerprint density at radius 1 is 0.822 bits per heavy atom. The third kappa shape index (κ3) is 10.2. The monoisotopic (exact) mass is 632 g/mol. The standard InChI is InChI=1S/C31H36O14/c1-17(32)15-42-18(2)16-43-30(40)31(41)13-25(44-27(37)9-5-19-3-7-21(33)23(35)11-19)29(39)26(14-31)45-28(38)10-6-20-4-8-22(34)24(36)12-20/h3-12,17-18,25-26,29,32-36,39,41H,13-16H2,1-2H3/b9-5+,10-6+/t17?,18?,25-,26-,29?,31?/m1/s1. The lowest BCUT2D eigenvalue weighted by atomic mass is 9.79. The highest BCUT2D eigenvalue weighted by atomic mass is 16.6. The first kappa shape index (κ1) is 34.9. The number of carbonyl (C=O) groups is 3. The minimum Gasteiger partial charge on any atom is -0.504 e. The minimum atomic E-state index is -2.38. The number of aromatic hydroxyl groups is 4. The molecule has 2 unspecified atom stereocenters. The predicted molar refractivity (Wildman–Crippen MR) is 156 cm³/mol. The van der Waals surface area contributed by atoms with Crippen molar-refractivity contribution in [3.05, 3.63) is 59.7 Å². The molecule has 1 aliphatic carbocycles. The fraction of sp³-hybridized carbons (Fsp3) is 0.387. The first-order valence-corrected chi connectivity index (χ1v) is 13.9. The van der Waals surface area contributed by atoms with E-state index in [1.165, 1.54) is 55.5 Å². The van der Waals surface area contributed by atoms with E-state index in [2.05, 4.69) is 0 Å². The van der Waals surface area contributed by atoms with Crippen LogP contribution in [0, 0.1) is 0 Å². The molecule has 4 atom stereocenters.